The summed E-state index contributed by atoms with van der Waals surface area (Å²) in [5.74, 6) is 1.36. The number of nitrogens with one attached hydrogen (secondary N) is 1. The molecule has 5 nitrogen and oxygen atoms in total. The van der Waals surface area contributed by atoms with Crippen LogP contribution >= 0.6 is 0 Å². The Morgan fingerprint density at radius 2 is 1.72 bits per heavy atom. The van der Waals surface area contributed by atoms with E-state index in [0.29, 0.717) is 17.2 Å². The normalized spacial score (nSPS) is 10.6. The fourth-order valence-corrected chi connectivity index (χ4v) is 2.55. The van der Waals surface area contributed by atoms with Crippen LogP contribution in [0.5, 0.6) is 17.2 Å². The zero-order valence-electron chi connectivity index (χ0n) is 15.0. The molecular weight excluding hydrogens is 318 g/mol. The summed E-state index contributed by atoms with van der Waals surface area (Å²) in [5, 5.41) is 2.90. The number of ether oxygens (including phenoxy) is 3. The van der Waals surface area contributed by atoms with Crippen LogP contribution in [0.15, 0.2) is 42.5 Å². The van der Waals surface area contributed by atoms with Crippen LogP contribution in [0.25, 0.3) is 6.08 Å². The number of amides is 1. The molecule has 0 fully saturated rings. The Kier molecular flexibility index (Phi) is 6.46. The second-order valence-corrected chi connectivity index (χ2v) is 5.26. The number of benzene rings is 2. The van der Waals surface area contributed by atoms with Crippen LogP contribution < -0.4 is 19.5 Å². The van der Waals surface area contributed by atoms with Crippen LogP contribution in [0.1, 0.15) is 18.1 Å². The minimum absolute atomic E-state index is 0.210. The van der Waals surface area contributed by atoms with Crippen molar-refractivity contribution in [1.29, 1.82) is 0 Å². The van der Waals surface area contributed by atoms with E-state index >= 15 is 0 Å². The molecule has 2 aromatic rings. The Labute approximate surface area is 148 Å². The van der Waals surface area contributed by atoms with Crippen LogP contribution in [0.2, 0.25) is 0 Å². The first-order chi connectivity index (χ1) is 12.1. The van der Waals surface area contributed by atoms with Gasteiger partial charge in [0.05, 0.1) is 21.3 Å². The molecule has 0 aliphatic heterocycles. The number of hydrogen-bond acceptors (Lipinski definition) is 4. The fraction of sp³-hybridized carbons (Fsp3) is 0.250. The van der Waals surface area contributed by atoms with Gasteiger partial charge in [-0.3, -0.25) is 4.79 Å². The Balaban J connectivity index is 2.22. The highest BCUT2D eigenvalue weighted by Gasteiger charge is 2.14. The molecule has 0 aliphatic carbocycles. The largest absolute Gasteiger partial charge is 0.493 e. The lowest BCUT2D eigenvalue weighted by molar-refractivity contribution is -0.111. The molecule has 0 bridgehead atoms. The third kappa shape index (κ3) is 4.32. The number of para-hydroxylation sites is 1. The molecule has 0 saturated carbocycles. The number of aryl methyl sites for hydroxylation is 1. The van der Waals surface area contributed by atoms with Gasteiger partial charge in [-0.1, -0.05) is 25.1 Å². The van der Waals surface area contributed by atoms with Crippen LogP contribution in [0, 0.1) is 0 Å². The van der Waals surface area contributed by atoms with E-state index in [9.17, 15) is 4.79 Å². The fourth-order valence-electron chi connectivity index (χ4n) is 2.55. The van der Waals surface area contributed by atoms with Gasteiger partial charge < -0.3 is 19.5 Å². The molecule has 0 radical (unpaired) electrons. The second-order valence-electron chi connectivity index (χ2n) is 5.26. The maximum absolute atomic E-state index is 12.2. The third-order valence-corrected chi connectivity index (χ3v) is 3.81. The zero-order valence-corrected chi connectivity index (χ0v) is 15.0. The first-order valence-electron chi connectivity index (χ1n) is 8.00. The molecule has 0 unspecified atom stereocenters. The van der Waals surface area contributed by atoms with Gasteiger partial charge in [-0.25, -0.2) is 0 Å². The van der Waals surface area contributed by atoms with E-state index in [-0.39, 0.29) is 5.91 Å². The van der Waals surface area contributed by atoms with Crippen molar-refractivity contribution < 1.29 is 19.0 Å². The molecule has 5 heteroatoms. The van der Waals surface area contributed by atoms with Gasteiger partial charge in [0.25, 0.3) is 0 Å². The highest BCUT2D eigenvalue weighted by atomic mass is 16.5. The quantitative estimate of drug-likeness (QED) is 0.775. The molecule has 0 spiro atoms. The Morgan fingerprint density at radius 3 is 2.36 bits per heavy atom. The summed E-state index contributed by atoms with van der Waals surface area (Å²) in [6, 6.07) is 11.3. The van der Waals surface area contributed by atoms with E-state index < -0.39 is 0 Å². The lowest BCUT2D eigenvalue weighted by Gasteiger charge is -2.14. The van der Waals surface area contributed by atoms with Gasteiger partial charge in [0.2, 0.25) is 11.7 Å². The van der Waals surface area contributed by atoms with Gasteiger partial charge in [-0.05, 0) is 36.3 Å². The van der Waals surface area contributed by atoms with Crippen molar-refractivity contribution >= 4 is 17.7 Å². The van der Waals surface area contributed by atoms with Gasteiger partial charge in [0.15, 0.2) is 11.5 Å². The zero-order chi connectivity index (χ0) is 18.2. The summed E-state index contributed by atoms with van der Waals surface area (Å²) in [6.45, 7) is 2.05. The van der Waals surface area contributed by atoms with E-state index in [1.807, 2.05) is 30.3 Å². The van der Waals surface area contributed by atoms with Gasteiger partial charge in [0, 0.05) is 17.3 Å². The lowest BCUT2D eigenvalue weighted by atomic mass is 10.1. The minimum atomic E-state index is -0.210. The maximum Gasteiger partial charge on any atom is 0.248 e. The van der Waals surface area contributed by atoms with E-state index in [2.05, 4.69) is 12.2 Å². The average molecular weight is 341 g/mol. The molecule has 1 amide bonds. The van der Waals surface area contributed by atoms with Crippen LogP contribution in [0.3, 0.4) is 0 Å². The summed E-state index contributed by atoms with van der Waals surface area (Å²) in [6.07, 6.45) is 4.00. The summed E-state index contributed by atoms with van der Waals surface area (Å²) in [4.78, 5) is 12.2. The van der Waals surface area contributed by atoms with Crippen molar-refractivity contribution in [1.82, 2.24) is 0 Å². The van der Waals surface area contributed by atoms with Crippen LogP contribution in [0.4, 0.5) is 5.69 Å². The van der Waals surface area contributed by atoms with Crippen molar-refractivity contribution in [3.05, 3.63) is 53.6 Å². The Hall–Kier alpha value is -2.95. The van der Waals surface area contributed by atoms with Crippen LogP contribution in [-0.2, 0) is 11.2 Å². The first-order valence-corrected chi connectivity index (χ1v) is 8.00. The van der Waals surface area contributed by atoms with Gasteiger partial charge in [-0.2, -0.15) is 0 Å². The summed E-state index contributed by atoms with van der Waals surface area (Å²) >= 11 is 0. The van der Waals surface area contributed by atoms with E-state index in [0.717, 1.165) is 23.2 Å². The second kappa shape index (κ2) is 8.78. The van der Waals surface area contributed by atoms with Gasteiger partial charge in [0.1, 0.15) is 0 Å². The molecule has 1 N–H and O–H groups in total. The molecule has 0 saturated heterocycles. The maximum atomic E-state index is 12.2. The van der Waals surface area contributed by atoms with Crippen molar-refractivity contribution in [3.63, 3.8) is 0 Å². The number of hydrogen-bond donors (Lipinski definition) is 1. The molecule has 25 heavy (non-hydrogen) atoms. The average Bonchev–Trinajstić information content (AvgIpc) is 2.65. The van der Waals surface area contributed by atoms with Crippen molar-refractivity contribution in [2.75, 3.05) is 26.6 Å². The van der Waals surface area contributed by atoms with E-state index in [1.165, 1.54) is 6.08 Å². The molecule has 2 rings (SSSR count). The number of rotatable bonds is 7. The molecule has 0 atom stereocenters. The van der Waals surface area contributed by atoms with E-state index in [4.69, 9.17) is 14.2 Å². The van der Waals surface area contributed by atoms with Crippen LogP contribution in [-0.4, -0.2) is 27.2 Å². The standard InChI is InChI=1S/C20H23NO4/c1-5-14-8-6-7-9-16(14)21-18(22)13-11-15-10-12-17(23-2)20(25-4)19(15)24-3/h6-13H,5H2,1-4H3,(H,21,22)/b13-11+. The molecule has 0 aliphatic rings. The van der Waals surface area contributed by atoms with Crippen molar-refractivity contribution in [2.24, 2.45) is 0 Å². The number of carbonyl (C=O) groups is 1. The van der Waals surface area contributed by atoms with Gasteiger partial charge >= 0.3 is 0 Å². The highest BCUT2D eigenvalue weighted by molar-refractivity contribution is 6.02. The molecule has 0 aromatic heterocycles. The van der Waals surface area contributed by atoms with Gasteiger partial charge in [-0.15, -0.1) is 0 Å². The topological polar surface area (TPSA) is 56.8 Å². The van der Waals surface area contributed by atoms with Crippen molar-refractivity contribution in [3.8, 4) is 17.2 Å². The number of methoxy groups -OCH3 is 3. The monoisotopic (exact) mass is 341 g/mol. The lowest BCUT2D eigenvalue weighted by Crippen LogP contribution is -2.09. The number of anilines is 1. The predicted molar refractivity (Wildman–Crippen MR) is 99.6 cm³/mol. The summed E-state index contributed by atoms with van der Waals surface area (Å²) in [5.41, 5.74) is 2.63. The third-order valence-electron chi connectivity index (χ3n) is 3.81. The molecular formula is C20H23NO4. The van der Waals surface area contributed by atoms with Crippen molar-refractivity contribution in [2.45, 2.75) is 13.3 Å². The summed E-state index contributed by atoms with van der Waals surface area (Å²) in [7, 11) is 4.65. The van der Waals surface area contributed by atoms with E-state index in [1.54, 1.807) is 33.5 Å². The minimum Gasteiger partial charge on any atom is -0.493 e. The molecule has 132 valence electrons. The summed E-state index contributed by atoms with van der Waals surface area (Å²) < 4.78 is 16.0. The first kappa shape index (κ1) is 18.4. The SMILES string of the molecule is CCc1ccccc1NC(=O)/C=C/c1ccc(OC)c(OC)c1OC. The molecule has 0 heterocycles. The smallest absolute Gasteiger partial charge is 0.248 e. The molecule has 2 aromatic carbocycles. The predicted octanol–water partition coefficient (Wildman–Crippen LogP) is 3.93. The highest BCUT2D eigenvalue weighted by Crippen LogP contribution is 2.40. The Morgan fingerprint density at radius 1 is 1.00 bits per heavy atom. The number of carbonyl (C=O) groups excluding carboxylic acids is 1. The Bertz CT molecular complexity index is 768.